The van der Waals surface area contributed by atoms with Crippen molar-refractivity contribution in [2.75, 3.05) is 6.61 Å². The van der Waals surface area contributed by atoms with E-state index < -0.39 is 5.97 Å². The van der Waals surface area contributed by atoms with E-state index in [1.165, 1.54) is 4.57 Å². The molecule has 2 aromatic carbocycles. The fourth-order valence-electron chi connectivity index (χ4n) is 2.67. The maximum Gasteiger partial charge on any atom is 0.326 e. The number of esters is 1. The van der Waals surface area contributed by atoms with Gasteiger partial charge in [0.05, 0.1) is 6.61 Å². The summed E-state index contributed by atoms with van der Waals surface area (Å²) >= 11 is 0. The molecule has 0 aliphatic rings. The first kappa shape index (κ1) is 17.5. The summed E-state index contributed by atoms with van der Waals surface area (Å²) in [6.45, 7) is 1.94. The predicted octanol–water partition coefficient (Wildman–Crippen LogP) is 3.16. The second-order valence-electron chi connectivity index (χ2n) is 5.82. The van der Waals surface area contributed by atoms with Gasteiger partial charge in [-0.15, -0.1) is 0 Å². The molecule has 0 amide bonds. The van der Waals surface area contributed by atoms with Gasteiger partial charge in [-0.05, 0) is 36.1 Å². The summed E-state index contributed by atoms with van der Waals surface area (Å²) in [7, 11) is 0. The molecule has 130 valence electrons. The minimum absolute atomic E-state index is 0.0907. The van der Waals surface area contributed by atoms with Crippen LogP contribution in [0.3, 0.4) is 0 Å². The molecule has 0 fully saturated rings. The highest BCUT2D eigenvalue weighted by Crippen LogP contribution is 2.12. The Labute approximate surface area is 152 Å². The van der Waals surface area contributed by atoms with E-state index in [1.807, 2.05) is 48.5 Å². The van der Waals surface area contributed by atoms with Gasteiger partial charge in [-0.1, -0.05) is 48.2 Å². The minimum atomic E-state index is -0.423. The van der Waals surface area contributed by atoms with Gasteiger partial charge in [0.15, 0.2) is 0 Å². The normalized spacial score (nSPS) is 10.2. The van der Waals surface area contributed by atoms with Crippen LogP contribution < -0.4 is 5.56 Å². The molecule has 0 unspecified atom stereocenters. The zero-order valence-corrected chi connectivity index (χ0v) is 14.6. The highest BCUT2D eigenvalue weighted by molar-refractivity contribution is 5.83. The zero-order valence-electron chi connectivity index (χ0n) is 14.6. The van der Waals surface area contributed by atoms with E-state index in [0.717, 1.165) is 16.5 Å². The molecule has 0 aliphatic carbocycles. The molecular formula is C22H19NO3. The predicted molar refractivity (Wildman–Crippen MR) is 102 cm³/mol. The van der Waals surface area contributed by atoms with E-state index in [4.69, 9.17) is 4.74 Å². The van der Waals surface area contributed by atoms with Crippen LogP contribution in [0.5, 0.6) is 0 Å². The van der Waals surface area contributed by atoms with Crippen LogP contribution in [-0.4, -0.2) is 17.1 Å². The first-order valence-electron chi connectivity index (χ1n) is 8.49. The highest BCUT2D eigenvalue weighted by atomic mass is 16.5. The van der Waals surface area contributed by atoms with Crippen LogP contribution in [0.2, 0.25) is 0 Å². The summed E-state index contributed by atoms with van der Waals surface area (Å²) in [6.07, 6.45) is 2.27. The van der Waals surface area contributed by atoms with Gasteiger partial charge >= 0.3 is 5.97 Å². The van der Waals surface area contributed by atoms with Gasteiger partial charge in [0.1, 0.15) is 6.54 Å². The largest absolute Gasteiger partial charge is 0.465 e. The number of benzene rings is 2. The Balaban J connectivity index is 1.86. The zero-order chi connectivity index (χ0) is 18.4. The number of nitrogens with zero attached hydrogens (tertiary/aromatic N) is 1. The van der Waals surface area contributed by atoms with Crippen molar-refractivity contribution in [2.24, 2.45) is 0 Å². The average molecular weight is 345 g/mol. The second kappa shape index (κ2) is 8.17. The molecule has 4 nitrogen and oxygen atoms in total. The van der Waals surface area contributed by atoms with Gasteiger partial charge in [-0.2, -0.15) is 0 Å². The summed E-state index contributed by atoms with van der Waals surface area (Å²) in [5.74, 6) is 5.81. The van der Waals surface area contributed by atoms with Crippen LogP contribution in [-0.2, 0) is 22.5 Å². The molecule has 0 saturated heterocycles. The van der Waals surface area contributed by atoms with E-state index in [2.05, 4.69) is 11.8 Å². The van der Waals surface area contributed by atoms with Crippen molar-refractivity contribution in [1.82, 2.24) is 4.57 Å². The second-order valence-corrected chi connectivity index (χ2v) is 5.82. The maximum atomic E-state index is 12.6. The van der Waals surface area contributed by atoms with Crippen molar-refractivity contribution in [3.63, 3.8) is 0 Å². The molecule has 1 heterocycles. The molecule has 4 heteroatoms. The molecular weight excluding hydrogens is 326 g/mol. The molecule has 0 saturated carbocycles. The molecule has 0 aliphatic heterocycles. The summed E-state index contributed by atoms with van der Waals surface area (Å²) < 4.78 is 6.27. The van der Waals surface area contributed by atoms with Crippen molar-refractivity contribution in [2.45, 2.75) is 19.9 Å². The summed E-state index contributed by atoms with van der Waals surface area (Å²) in [5, 5.41) is 1.37. The Kier molecular flexibility index (Phi) is 5.50. The molecule has 3 rings (SSSR count). The summed E-state index contributed by atoms with van der Waals surface area (Å²) in [4.78, 5) is 24.3. The summed E-state index contributed by atoms with van der Waals surface area (Å²) in [6, 6.07) is 17.4. The van der Waals surface area contributed by atoms with Crippen molar-refractivity contribution in [1.29, 1.82) is 0 Å². The summed E-state index contributed by atoms with van der Waals surface area (Å²) in [5.41, 5.74) is 1.71. The Hall–Kier alpha value is -3.32. The van der Waals surface area contributed by atoms with Crippen LogP contribution in [0, 0.1) is 11.8 Å². The number of hydrogen-bond acceptors (Lipinski definition) is 3. The quantitative estimate of drug-likeness (QED) is 0.539. The van der Waals surface area contributed by atoms with Gasteiger partial charge in [0, 0.05) is 23.6 Å². The number of ether oxygens (including phenoxy) is 1. The molecule has 0 spiro atoms. The van der Waals surface area contributed by atoms with E-state index in [9.17, 15) is 9.59 Å². The Morgan fingerprint density at radius 3 is 2.69 bits per heavy atom. The Bertz CT molecular complexity index is 1040. The SMILES string of the molecule is CCOC(=O)Cn1ccc2ccc(C#CCc3ccccc3)cc2c1=O. The lowest BCUT2D eigenvalue weighted by Crippen LogP contribution is -2.24. The standard InChI is InChI=1S/C22H19NO3/c1-2-26-21(24)16-23-14-13-19-12-11-18(15-20(19)22(23)25)10-6-9-17-7-4-3-5-8-17/h3-5,7-8,11-15H,2,9,16H2,1H3. The van der Waals surface area contributed by atoms with Gasteiger partial charge in [-0.3, -0.25) is 9.59 Å². The third-order valence-electron chi connectivity index (χ3n) is 3.95. The fourth-order valence-corrected chi connectivity index (χ4v) is 2.67. The van der Waals surface area contributed by atoms with E-state index in [0.29, 0.717) is 18.4 Å². The molecule has 0 bridgehead atoms. The Morgan fingerprint density at radius 2 is 1.92 bits per heavy atom. The van der Waals surface area contributed by atoms with Crippen molar-refractivity contribution >= 4 is 16.7 Å². The number of rotatable bonds is 4. The lowest BCUT2D eigenvalue weighted by Gasteiger charge is -2.07. The molecule has 26 heavy (non-hydrogen) atoms. The highest BCUT2D eigenvalue weighted by Gasteiger charge is 2.08. The number of aromatic nitrogens is 1. The number of hydrogen-bond donors (Lipinski definition) is 0. The number of carbonyl (C=O) groups is 1. The molecule has 0 atom stereocenters. The number of pyridine rings is 1. The van der Waals surface area contributed by atoms with Crippen LogP contribution in [0.15, 0.2) is 65.6 Å². The van der Waals surface area contributed by atoms with Crippen LogP contribution in [0.25, 0.3) is 10.8 Å². The number of fused-ring (bicyclic) bond motifs is 1. The maximum absolute atomic E-state index is 12.6. The topological polar surface area (TPSA) is 48.3 Å². The van der Waals surface area contributed by atoms with Crippen molar-refractivity contribution < 1.29 is 9.53 Å². The smallest absolute Gasteiger partial charge is 0.326 e. The molecule has 0 N–H and O–H groups in total. The fraction of sp³-hybridized carbons (Fsp3) is 0.182. The lowest BCUT2D eigenvalue weighted by atomic mass is 10.1. The third kappa shape index (κ3) is 4.20. The van der Waals surface area contributed by atoms with Gasteiger partial charge in [-0.25, -0.2) is 0 Å². The first-order valence-corrected chi connectivity index (χ1v) is 8.49. The third-order valence-corrected chi connectivity index (χ3v) is 3.95. The van der Waals surface area contributed by atoms with Crippen molar-refractivity contribution in [3.05, 3.63) is 82.3 Å². The van der Waals surface area contributed by atoms with Crippen molar-refractivity contribution in [3.8, 4) is 11.8 Å². The van der Waals surface area contributed by atoms with Crippen LogP contribution in [0.4, 0.5) is 0 Å². The van der Waals surface area contributed by atoms with Crippen LogP contribution >= 0.6 is 0 Å². The monoisotopic (exact) mass is 345 g/mol. The van der Waals surface area contributed by atoms with Gasteiger partial charge in [0.25, 0.3) is 5.56 Å². The first-order chi connectivity index (χ1) is 12.7. The molecule has 1 aromatic heterocycles. The minimum Gasteiger partial charge on any atom is -0.465 e. The van der Waals surface area contributed by atoms with E-state index in [-0.39, 0.29) is 12.1 Å². The van der Waals surface area contributed by atoms with E-state index >= 15 is 0 Å². The van der Waals surface area contributed by atoms with Gasteiger partial charge < -0.3 is 9.30 Å². The Morgan fingerprint density at radius 1 is 1.12 bits per heavy atom. The van der Waals surface area contributed by atoms with Crippen LogP contribution in [0.1, 0.15) is 18.1 Å². The molecule has 3 aromatic rings. The van der Waals surface area contributed by atoms with E-state index in [1.54, 1.807) is 19.2 Å². The van der Waals surface area contributed by atoms with Gasteiger partial charge in [0.2, 0.25) is 0 Å². The average Bonchev–Trinajstić information content (AvgIpc) is 2.65. The lowest BCUT2D eigenvalue weighted by molar-refractivity contribution is -0.143. The molecule has 0 radical (unpaired) electrons. The number of carbonyl (C=O) groups excluding carboxylic acids is 1.